The van der Waals surface area contributed by atoms with Gasteiger partial charge in [-0.3, -0.25) is 0 Å². The molecular weight excluding hydrogens is 163 g/mol. The molecule has 1 heterocycles. The van der Waals surface area contributed by atoms with Crippen LogP contribution in [0.4, 0.5) is 13.2 Å². The third-order valence-electron chi connectivity index (χ3n) is 0.764. The average Bonchev–Trinajstić information content (AvgIpc) is 2.11. The molecule has 10 heavy (non-hydrogen) atoms. The topological polar surface area (TPSA) is 12.9 Å². The van der Waals surface area contributed by atoms with Gasteiger partial charge in [-0.1, -0.05) is 0 Å². The van der Waals surface area contributed by atoms with Gasteiger partial charge in [-0.25, -0.2) is 4.98 Å². The van der Waals surface area contributed by atoms with Crippen molar-refractivity contribution in [2.75, 3.05) is 0 Å². The van der Waals surface area contributed by atoms with E-state index < -0.39 is 11.2 Å². The molecule has 0 N–H and O–H groups in total. The maximum Gasteiger partial charge on any atom is 0.443 e. The van der Waals surface area contributed by atoms with Gasteiger partial charge in [-0.05, 0) is 0 Å². The normalized spacial score (nSPS) is 12.0. The fourth-order valence-corrected chi connectivity index (χ4v) is 0.993. The van der Waals surface area contributed by atoms with Gasteiger partial charge in [0.15, 0.2) is 5.01 Å². The van der Waals surface area contributed by atoms with Crippen LogP contribution in [0.2, 0.25) is 0 Å². The van der Waals surface area contributed by atoms with Crippen LogP contribution in [-0.4, -0.2) is 4.98 Å². The van der Waals surface area contributed by atoms with E-state index in [0.29, 0.717) is 11.3 Å². The van der Waals surface area contributed by atoms with Crippen LogP contribution < -0.4 is 0 Å². The fraction of sp³-hybridized carbons (Fsp3) is 0.200. The van der Waals surface area contributed by atoms with Crippen molar-refractivity contribution in [1.29, 1.82) is 0 Å². The first kappa shape index (κ1) is 7.53. The molecule has 0 atom stereocenters. The molecule has 0 aromatic carbocycles. The lowest BCUT2D eigenvalue weighted by Gasteiger charge is -1.98. The number of thiazole rings is 1. The molecule has 0 unspecified atom stereocenters. The Hall–Kier alpha value is -0.580. The van der Waals surface area contributed by atoms with E-state index in [-0.39, 0.29) is 5.69 Å². The summed E-state index contributed by atoms with van der Waals surface area (Å²) < 4.78 is 35.1. The van der Waals surface area contributed by atoms with Gasteiger partial charge in [-0.2, -0.15) is 13.2 Å². The second kappa shape index (κ2) is 2.23. The Bertz CT molecular complexity index is 227. The highest BCUT2D eigenvalue weighted by molar-refractivity contribution is 7.09. The van der Waals surface area contributed by atoms with Crippen LogP contribution in [0, 0.1) is 6.92 Å². The van der Waals surface area contributed by atoms with Crippen LogP contribution in [0.15, 0.2) is 5.38 Å². The van der Waals surface area contributed by atoms with Gasteiger partial charge < -0.3 is 0 Å². The number of hydrogen-bond acceptors (Lipinski definition) is 2. The number of alkyl halides is 3. The summed E-state index contributed by atoms with van der Waals surface area (Å²) in [5, 5.41) is 0.257. The number of nitrogens with zero attached hydrogens (tertiary/aromatic N) is 1. The van der Waals surface area contributed by atoms with Crippen molar-refractivity contribution in [3.05, 3.63) is 23.0 Å². The zero-order chi connectivity index (χ0) is 7.78. The van der Waals surface area contributed by atoms with Gasteiger partial charge in [0, 0.05) is 12.3 Å². The summed E-state index contributed by atoms with van der Waals surface area (Å²) >= 11 is 0.495. The highest BCUT2D eigenvalue weighted by Crippen LogP contribution is 2.31. The predicted octanol–water partition coefficient (Wildman–Crippen LogP) is 2.22. The molecule has 0 aliphatic carbocycles. The fourth-order valence-electron chi connectivity index (χ4n) is 0.416. The predicted molar refractivity (Wildman–Crippen MR) is 30.5 cm³/mol. The Kier molecular flexibility index (Phi) is 1.68. The quantitative estimate of drug-likeness (QED) is 0.574. The van der Waals surface area contributed by atoms with Gasteiger partial charge in [0.1, 0.15) is 0 Å². The maximum atomic E-state index is 11.7. The van der Waals surface area contributed by atoms with Gasteiger partial charge in [-0.15, -0.1) is 11.3 Å². The molecule has 54 valence electrons. The van der Waals surface area contributed by atoms with E-state index >= 15 is 0 Å². The first-order chi connectivity index (χ1) is 4.50. The van der Waals surface area contributed by atoms with Crippen molar-refractivity contribution < 1.29 is 13.2 Å². The van der Waals surface area contributed by atoms with Crippen LogP contribution in [0.1, 0.15) is 10.7 Å². The Morgan fingerprint density at radius 3 is 2.30 bits per heavy atom. The van der Waals surface area contributed by atoms with E-state index in [1.54, 1.807) is 0 Å². The van der Waals surface area contributed by atoms with Crippen molar-refractivity contribution in [2.45, 2.75) is 6.18 Å². The second-order valence-corrected chi connectivity index (χ2v) is 2.43. The Balaban J connectivity index is 2.96. The molecule has 0 amide bonds. The van der Waals surface area contributed by atoms with Crippen LogP contribution in [0.3, 0.4) is 0 Å². The van der Waals surface area contributed by atoms with E-state index in [0.717, 1.165) is 5.38 Å². The Morgan fingerprint density at radius 1 is 1.50 bits per heavy atom. The lowest BCUT2D eigenvalue weighted by atomic mass is 10.6. The maximum absolute atomic E-state index is 11.7. The third kappa shape index (κ3) is 1.47. The minimum Gasteiger partial charge on any atom is -0.237 e. The summed E-state index contributed by atoms with van der Waals surface area (Å²) in [6.45, 7) is 4.97. The minimum absolute atomic E-state index is 0.0858. The van der Waals surface area contributed by atoms with E-state index in [1.807, 2.05) is 0 Å². The number of halogens is 3. The molecule has 1 aromatic heterocycles. The molecule has 1 nitrogen and oxygen atoms in total. The number of aromatic nitrogens is 1. The summed E-state index contributed by atoms with van der Waals surface area (Å²) in [7, 11) is 0. The van der Waals surface area contributed by atoms with Crippen molar-refractivity contribution in [3.63, 3.8) is 0 Å². The SMILES string of the molecule is [CH]c1csc(C(F)(F)F)n1. The molecule has 0 saturated heterocycles. The molecule has 1 aromatic rings. The number of hydrogen-bond donors (Lipinski definition) is 0. The molecule has 2 radical (unpaired) electrons. The molecular formula is C5H2F3NS. The molecule has 0 spiro atoms. The first-order valence-electron chi connectivity index (χ1n) is 2.28. The Morgan fingerprint density at radius 2 is 2.10 bits per heavy atom. The van der Waals surface area contributed by atoms with Crippen LogP contribution >= 0.6 is 11.3 Å². The standard InChI is InChI=1S/C5H2F3NS/c1-3-2-10-4(9-3)5(6,7)8/h1-2H. The second-order valence-electron chi connectivity index (χ2n) is 1.58. The summed E-state index contributed by atoms with van der Waals surface area (Å²) in [6, 6.07) is 0. The largest absolute Gasteiger partial charge is 0.443 e. The van der Waals surface area contributed by atoms with Gasteiger partial charge in [0.25, 0.3) is 0 Å². The summed E-state index contributed by atoms with van der Waals surface area (Å²) in [4.78, 5) is 3.05. The minimum atomic E-state index is -4.36. The molecule has 1 rings (SSSR count). The summed E-state index contributed by atoms with van der Waals surface area (Å²) in [5.74, 6) is 0. The van der Waals surface area contributed by atoms with Crippen molar-refractivity contribution in [3.8, 4) is 0 Å². The molecule has 0 aliphatic rings. The molecule has 0 fully saturated rings. The molecule has 5 heteroatoms. The van der Waals surface area contributed by atoms with E-state index in [4.69, 9.17) is 6.92 Å². The average molecular weight is 165 g/mol. The molecule has 0 bridgehead atoms. The van der Waals surface area contributed by atoms with Crippen molar-refractivity contribution >= 4 is 11.3 Å². The van der Waals surface area contributed by atoms with Crippen LogP contribution in [-0.2, 0) is 6.18 Å². The highest BCUT2D eigenvalue weighted by atomic mass is 32.1. The van der Waals surface area contributed by atoms with Crippen LogP contribution in [0.5, 0.6) is 0 Å². The van der Waals surface area contributed by atoms with Gasteiger partial charge >= 0.3 is 6.18 Å². The summed E-state index contributed by atoms with van der Waals surface area (Å²) in [5.41, 5.74) is -0.0858. The molecule has 0 aliphatic heterocycles. The lowest BCUT2D eigenvalue weighted by Crippen LogP contribution is -2.03. The Labute approximate surface area is 59.5 Å². The van der Waals surface area contributed by atoms with Crippen molar-refractivity contribution in [2.24, 2.45) is 0 Å². The van der Waals surface area contributed by atoms with Crippen molar-refractivity contribution in [1.82, 2.24) is 4.98 Å². The van der Waals surface area contributed by atoms with Crippen LogP contribution in [0.25, 0.3) is 0 Å². The van der Waals surface area contributed by atoms with E-state index in [2.05, 4.69) is 4.98 Å². The van der Waals surface area contributed by atoms with Gasteiger partial charge in [0.05, 0.1) is 5.69 Å². The third-order valence-corrected chi connectivity index (χ3v) is 1.67. The smallest absolute Gasteiger partial charge is 0.237 e. The number of rotatable bonds is 0. The molecule has 0 saturated carbocycles. The van der Waals surface area contributed by atoms with Gasteiger partial charge in [0.2, 0.25) is 0 Å². The van der Waals surface area contributed by atoms with E-state index in [9.17, 15) is 13.2 Å². The monoisotopic (exact) mass is 165 g/mol. The lowest BCUT2D eigenvalue weighted by molar-refractivity contribution is -0.137. The first-order valence-corrected chi connectivity index (χ1v) is 3.16. The summed E-state index contributed by atoms with van der Waals surface area (Å²) in [6.07, 6.45) is -4.36. The zero-order valence-corrected chi connectivity index (χ0v) is 5.46. The van der Waals surface area contributed by atoms with E-state index in [1.165, 1.54) is 0 Å². The highest BCUT2D eigenvalue weighted by Gasteiger charge is 2.33. The zero-order valence-electron chi connectivity index (χ0n) is 4.64.